The zero-order valence-electron chi connectivity index (χ0n) is 7.17. The molecule has 0 atom stereocenters. The standard InChI is InChI=1S/C10H11FO/c1-3-10(11)8-4-6-9(12-2)7-5-8/h3-7H,1-2H3/b10-3-. The van der Waals surface area contributed by atoms with E-state index in [0.29, 0.717) is 5.56 Å². The van der Waals surface area contributed by atoms with Gasteiger partial charge in [-0.25, -0.2) is 4.39 Å². The molecule has 2 heteroatoms. The normalized spacial score (nSPS) is 11.4. The summed E-state index contributed by atoms with van der Waals surface area (Å²) in [7, 11) is 1.58. The van der Waals surface area contributed by atoms with Crippen molar-refractivity contribution in [2.45, 2.75) is 6.92 Å². The van der Waals surface area contributed by atoms with Crippen molar-refractivity contribution >= 4 is 5.83 Å². The molecule has 0 fully saturated rings. The van der Waals surface area contributed by atoms with Gasteiger partial charge in [0.25, 0.3) is 0 Å². The topological polar surface area (TPSA) is 9.23 Å². The second-order valence-electron chi connectivity index (χ2n) is 2.37. The quantitative estimate of drug-likeness (QED) is 0.656. The van der Waals surface area contributed by atoms with E-state index in [-0.39, 0.29) is 5.83 Å². The van der Waals surface area contributed by atoms with E-state index < -0.39 is 0 Å². The molecule has 0 radical (unpaired) electrons. The van der Waals surface area contributed by atoms with Gasteiger partial charge in [-0.05, 0) is 31.2 Å². The summed E-state index contributed by atoms with van der Waals surface area (Å²) in [6.07, 6.45) is 1.43. The van der Waals surface area contributed by atoms with Gasteiger partial charge in [-0.1, -0.05) is 6.08 Å². The van der Waals surface area contributed by atoms with Crippen LogP contribution in [0.25, 0.3) is 5.83 Å². The summed E-state index contributed by atoms with van der Waals surface area (Å²) in [6.45, 7) is 1.67. The predicted molar refractivity (Wildman–Crippen MR) is 47.8 cm³/mol. The van der Waals surface area contributed by atoms with E-state index >= 15 is 0 Å². The molecule has 0 amide bonds. The van der Waals surface area contributed by atoms with Crippen LogP contribution in [0.4, 0.5) is 4.39 Å². The number of benzene rings is 1. The van der Waals surface area contributed by atoms with Crippen LogP contribution >= 0.6 is 0 Å². The number of allylic oxidation sites excluding steroid dienone is 1. The molecule has 1 aromatic rings. The molecule has 0 bridgehead atoms. The molecule has 0 heterocycles. The third kappa shape index (κ3) is 1.84. The lowest BCUT2D eigenvalue weighted by atomic mass is 10.2. The molecule has 0 spiro atoms. The summed E-state index contributed by atoms with van der Waals surface area (Å²) in [4.78, 5) is 0. The minimum absolute atomic E-state index is 0.211. The number of ether oxygens (including phenoxy) is 1. The van der Waals surface area contributed by atoms with Gasteiger partial charge in [-0.15, -0.1) is 0 Å². The van der Waals surface area contributed by atoms with Gasteiger partial charge in [-0.3, -0.25) is 0 Å². The summed E-state index contributed by atoms with van der Waals surface area (Å²) in [5, 5.41) is 0. The number of hydrogen-bond donors (Lipinski definition) is 0. The van der Waals surface area contributed by atoms with Gasteiger partial charge < -0.3 is 4.74 Å². The molecule has 0 unspecified atom stereocenters. The molecule has 0 N–H and O–H groups in total. The van der Waals surface area contributed by atoms with Crippen LogP contribution in [0.15, 0.2) is 30.3 Å². The average molecular weight is 166 g/mol. The van der Waals surface area contributed by atoms with Gasteiger partial charge >= 0.3 is 0 Å². The van der Waals surface area contributed by atoms with Crippen LogP contribution in [0.1, 0.15) is 12.5 Å². The first kappa shape index (κ1) is 8.78. The zero-order valence-corrected chi connectivity index (χ0v) is 7.17. The van der Waals surface area contributed by atoms with Crippen molar-refractivity contribution in [2.75, 3.05) is 7.11 Å². The van der Waals surface area contributed by atoms with Gasteiger partial charge in [0.05, 0.1) is 7.11 Å². The Balaban J connectivity index is 2.92. The number of halogens is 1. The molecule has 0 aliphatic heterocycles. The maximum atomic E-state index is 12.9. The molecule has 12 heavy (non-hydrogen) atoms. The fourth-order valence-corrected chi connectivity index (χ4v) is 0.917. The molecule has 0 saturated carbocycles. The van der Waals surface area contributed by atoms with Crippen LogP contribution in [0.3, 0.4) is 0 Å². The summed E-state index contributed by atoms with van der Waals surface area (Å²) < 4.78 is 17.9. The third-order valence-electron chi connectivity index (χ3n) is 1.62. The lowest BCUT2D eigenvalue weighted by molar-refractivity contribution is 0.414. The van der Waals surface area contributed by atoms with Crippen molar-refractivity contribution in [2.24, 2.45) is 0 Å². The van der Waals surface area contributed by atoms with E-state index in [0.717, 1.165) is 5.75 Å². The van der Waals surface area contributed by atoms with Crippen molar-refractivity contribution in [3.05, 3.63) is 35.9 Å². The van der Waals surface area contributed by atoms with Crippen LogP contribution in [0, 0.1) is 0 Å². The summed E-state index contributed by atoms with van der Waals surface area (Å²) >= 11 is 0. The molecule has 0 aliphatic carbocycles. The first-order valence-corrected chi connectivity index (χ1v) is 3.74. The minimum Gasteiger partial charge on any atom is -0.497 e. The van der Waals surface area contributed by atoms with E-state index in [4.69, 9.17) is 4.74 Å². The van der Waals surface area contributed by atoms with Crippen molar-refractivity contribution in [1.82, 2.24) is 0 Å². The highest BCUT2D eigenvalue weighted by atomic mass is 19.1. The highest BCUT2D eigenvalue weighted by Gasteiger charge is 1.97. The fraction of sp³-hybridized carbons (Fsp3) is 0.200. The van der Waals surface area contributed by atoms with Crippen LogP contribution < -0.4 is 4.74 Å². The lowest BCUT2D eigenvalue weighted by Crippen LogP contribution is -1.82. The van der Waals surface area contributed by atoms with E-state index in [1.54, 1.807) is 38.3 Å². The number of rotatable bonds is 2. The molecule has 0 aliphatic rings. The SMILES string of the molecule is C/C=C(\F)c1ccc(OC)cc1. The van der Waals surface area contributed by atoms with E-state index in [9.17, 15) is 4.39 Å². The smallest absolute Gasteiger partial charge is 0.126 e. The Morgan fingerprint density at radius 2 is 1.92 bits per heavy atom. The molecule has 64 valence electrons. The monoisotopic (exact) mass is 166 g/mol. The second kappa shape index (κ2) is 3.90. The maximum absolute atomic E-state index is 12.9. The van der Waals surface area contributed by atoms with E-state index in [1.165, 1.54) is 6.08 Å². The molecular weight excluding hydrogens is 155 g/mol. The van der Waals surface area contributed by atoms with Gasteiger partial charge in [0.15, 0.2) is 0 Å². The summed E-state index contributed by atoms with van der Waals surface area (Å²) in [5.41, 5.74) is 0.582. The Hall–Kier alpha value is -1.31. The molecule has 1 nitrogen and oxygen atoms in total. The van der Waals surface area contributed by atoms with Crippen molar-refractivity contribution in [3.8, 4) is 5.75 Å². The van der Waals surface area contributed by atoms with E-state index in [1.807, 2.05) is 0 Å². The maximum Gasteiger partial charge on any atom is 0.126 e. The Morgan fingerprint density at radius 1 is 1.33 bits per heavy atom. The van der Waals surface area contributed by atoms with Crippen LogP contribution in [-0.4, -0.2) is 7.11 Å². The largest absolute Gasteiger partial charge is 0.497 e. The number of methoxy groups -OCH3 is 1. The highest BCUT2D eigenvalue weighted by molar-refractivity contribution is 5.59. The van der Waals surface area contributed by atoms with Crippen molar-refractivity contribution in [3.63, 3.8) is 0 Å². The second-order valence-corrected chi connectivity index (χ2v) is 2.37. The van der Waals surface area contributed by atoms with Crippen molar-refractivity contribution in [1.29, 1.82) is 0 Å². The third-order valence-corrected chi connectivity index (χ3v) is 1.62. The average Bonchev–Trinajstić information content (AvgIpc) is 2.17. The molecule has 1 rings (SSSR count). The van der Waals surface area contributed by atoms with E-state index in [2.05, 4.69) is 0 Å². The van der Waals surface area contributed by atoms with Gasteiger partial charge in [-0.2, -0.15) is 0 Å². The molecule has 1 aromatic carbocycles. The van der Waals surface area contributed by atoms with Gasteiger partial charge in [0, 0.05) is 5.56 Å². The van der Waals surface area contributed by atoms with Gasteiger partial charge in [0.1, 0.15) is 11.6 Å². The summed E-state index contributed by atoms with van der Waals surface area (Å²) in [6, 6.07) is 6.85. The summed E-state index contributed by atoms with van der Waals surface area (Å²) in [5.74, 6) is 0.528. The van der Waals surface area contributed by atoms with Crippen LogP contribution in [0.2, 0.25) is 0 Å². The van der Waals surface area contributed by atoms with Gasteiger partial charge in [0.2, 0.25) is 0 Å². The Bertz CT molecular complexity index is 274. The Kier molecular flexibility index (Phi) is 2.86. The molecule has 0 aromatic heterocycles. The Morgan fingerprint density at radius 3 is 2.33 bits per heavy atom. The first-order valence-electron chi connectivity index (χ1n) is 3.74. The fourth-order valence-electron chi connectivity index (χ4n) is 0.917. The Labute approximate surface area is 71.5 Å². The predicted octanol–water partition coefficient (Wildman–Crippen LogP) is 3.03. The minimum atomic E-state index is -0.211. The lowest BCUT2D eigenvalue weighted by Gasteiger charge is -2.00. The van der Waals surface area contributed by atoms with Crippen molar-refractivity contribution < 1.29 is 9.13 Å². The number of hydrogen-bond acceptors (Lipinski definition) is 1. The molecular formula is C10H11FO. The first-order chi connectivity index (χ1) is 5.77. The van der Waals surface area contributed by atoms with Crippen LogP contribution in [-0.2, 0) is 0 Å². The molecule has 0 saturated heterocycles. The zero-order chi connectivity index (χ0) is 8.97. The highest BCUT2D eigenvalue weighted by Crippen LogP contribution is 2.18. The van der Waals surface area contributed by atoms with Crippen LogP contribution in [0.5, 0.6) is 5.75 Å².